The first-order valence-electron chi connectivity index (χ1n) is 11.7. The van der Waals surface area contributed by atoms with E-state index in [9.17, 15) is 19.7 Å². The van der Waals surface area contributed by atoms with E-state index in [1.165, 1.54) is 25.5 Å². The van der Waals surface area contributed by atoms with Crippen LogP contribution in [-0.2, 0) is 16.2 Å². The number of imide groups is 1. The predicted molar refractivity (Wildman–Crippen MR) is 132 cm³/mol. The van der Waals surface area contributed by atoms with Crippen LogP contribution in [0, 0.1) is 45.6 Å². The molecule has 0 spiro atoms. The molecule has 0 radical (unpaired) electrons. The lowest BCUT2D eigenvalue weighted by Crippen LogP contribution is -2.40. The second-order valence-electron chi connectivity index (χ2n) is 9.63. The van der Waals surface area contributed by atoms with Crippen LogP contribution < -0.4 is 9.47 Å². The van der Waals surface area contributed by atoms with Gasteiger partial charge in [-0.1, -0.05) is 12.2 Å². The highest BCUT2D eigenvalue weighted by molar-refractivity contribution is 9.10. The van der Waals surface area contributed by atoms with Crippen molar-refractivity contribution in [2.45, 2.75) is 13.0 Å². The van der Waals surface area contributed by atoms with E-state index in [2.05, 4.69) is 33.2 Å². The van der Waals surface area contributed by atoms with Gasteiger partial charge in [-0.2, -0.15) is 10.1 Å². The first-order chi connectivity index (χ1) is 17.4. The fourth-order valence-corrected chi connectivity index (χ4v) is 6.58. The van der Waals surface area contributed by atoms with E-state index < -0.39 is 4.92 Å². The maximum absolute atomic E-state index is 13.1. The van der Waals surface area contributed by atoms with Crippen LogP contribution >= 0.6 is 15.9 Å². The van der Waals surface area contributed by atoms with Crippen molar-refractivity contribution in [3.05, 3.63) is 74.3 Å². The molecule has 0 N–H and O–H groups in total. The molecule has 2 bridgehead atoms. The number of hydrazone groups is 1. The second-order valence-corrected chi connectivity index (χ2v) is 10.5. The Labute approximate surface area is 215 Å². The van der Waals surface area contributed by atoms with Crippen molar-refractivity contribution in [3.8, 4) is 11.5 Å². The van der Waals surface area contributed by atoms with Gasteiger partial charge in [0.25, 0.3) is 17.5 Å². The Bertz CT molecular complexity index is 1300. The second kappa shape index (κ2) is 8.55. The monoisotopic (exact) mass is 551 g/mol. The van der Waals surface area contributed by atoms with E-state index in [0.29, 0.717) is 33.4 Å². The van der Waals surface area contributed by atoms with Gasteiger partial charge in [0.05, 0.1) is 34.6 Å². The Kier molecular flexibility index (Phi) is 5.44. The van der Waals surface area contributed by atoms with Gasteiger partial charge in [-0.05, 0) is 81.4 Å². The zero-order valence-corrected chi connectivity index (χ0v) is 20.8. The van der Waals surface area contributed by atoms with Crippen molar-refractivity contribution < 1.29 is 24.0 Å². The molecule has 0 aromatic heterocycles. The molecule has 3 fully saturated rings. The molecule has 184 valence electrons. The Hall–Kier alpha value is -3.53. The Morgan fingerprint density at radius 1 is 1.11 bits per heavy atom. The molecule has 0 unspecified atom stereocenters. The van der Waals surface area contributed by atoms with Crippen molar-refractivity contribution in [2.24, 2.45) is 40.6 Å². The summed E-state index contributed by atoms with van der Waals surface area (Å²) in [5.74, 6) is 1.29. The summed E-state index contributed by atoms with van der Waals surface area (Å²) in [6.07, 6.45) is 6.87. The average molecular weight is 552 g/mol. The number of nitro benzene ring substituents is 1. The average Bonchev–Trinajstić information content (AvgIpc) is 3.66. The summed E-state index contributed by atoms with van der Waals surface area (Å²) in [4.78, 5) is 36.6. The van der Waals surface area contributed by atoms with E-state index in [1.807, 2.05) is 0 Å². The van der Waals surface area contributed by atoms with Gasteiger partial charge in [0.2, 0.25) is 0 Å². The number of rotatable bonds is 7. The van der Waals surface area contributed by atoms with Gasteiger partial charge in [0.15, 0.2) is 11.5 Å². The number of carbonyl (C=O) groups is 2. The molecule has 9 nitrogen and oxygen atoms in total. The zero-order chi connectivity index (χ0) is 25.1. The molecule has 7 rings (SSSR count). The number of halogens is 1. The maximum atomic E-state index is 13.1. The molecule has 5 aliphatic rings. The van der Waals surface area contributed by atoms with E-state index in [-0.39, 0.29) is 47.8 Å². The largest absolute Gasteiger partial charge is 0.493 e. The molecule has 36 heavy (non-hydrogen) atoms. The van der Waals surface area contributed by atoms with Gasteiger partial charge in [0.1, 0.15) is 6.61 Å². The summed E-state index contributed by atoms with van der Waals surface area (Å²) in [6, 6.07) is 9.57. The molecule has 1 heterocycles. The van der Waals surface area contributed by atoms with Crippen LogP contribution in [0.15, 0.2) is 58.1 Å². The molecule has 2 aromatic rings. The smallest absolute Gasteiger partial charge is 0.269 e. The fraction of sp³-hybridized carbons (Fsp3) is 0.346. The van der Waals surface area contributed by atoms with E-state index >= 15 is 0 Å². The first kappa shape index (κ1) is 22.9. The SMILES string of the molecule is COc1cc(/C=N\N2C(=O)[C@@H]3[C@H]4C=C[C@@H]([C@@H]5C[C@@H]45)[C@@H]3C2=O)cc(Br)c1OCc1ccc([N+](=O)[O-])cc1. The number of non-ortho nitro benzene ring substituents is 1. The zero-order valence-electron chi connectivity index (χ0n) is 19.2. The van der Waals surface area contributed by atoms with Crippen LogP contribution in [-0.4, -0.2) is 35.1 Å². The lowest BCUT2D eigenvalue weighted by molar-refractivity contribution is -0.384. The topological polar surface area (TPSA) is 111 Å². The molecule has 2 saturated carbocycles. The third kappa shape index (κ3) is 3.62. The number of nitro groups is 1. The number of ether oxygens (including phenoxy) is 2. The molecular weight excluding hydrogens is 530 g/mol. The highest BCUT2D eigenvalue weighted by Gasteiger charge is 2.67. The highest BCUT2D eigenvalue weighted by Crippen LogP contribution is 2.65. The Balaban J connectivity index is 1.18. The lowest BCUT2D eigenvalue weighted by Gasteiger charge is -2.37. The highest BCUT2D eigenvalue weighted by atomic mass is 79.9. The van der Waals surface area contributed by atoms with Crippen molar-refractivity contribution in [2.75, 3.05) is 7.11 Å². The summed E-state index contributed by atoms with van der Waals surface area (Å²) < 4.78 is 12.0. The van der Waals surface area contributed by atoms with Crippen molar-refractivity contribution in [1.29, 1.82) is 0 Å². The van der Waals surface area contributed by atoms with Gasteiger partial charge in [-0.3, -0.25) is 19.7 Å². The minimum Gasteiger partial charge on any atom is -0.493 e. The van der Waals surface area contributed by atoms with Crippen molar-refractivity contribution in [3.63, 3.8) is 0 Å². The number of nitrogens with zero attached hydrogens (tertiary/aromatic N) is 3. The van der Waals surface area contributed by atoms with E-state index in [1.54, 1.807) is 24.3 Å². The van der Waals surface area contributed by atoms with Crippen LogP contribution in [0.3, 0.4) is 0 Å². The minimum atomic E-state index is -0.453. The Morgan fingerprint density at radius 2 is 1.75 bits per heavy atom. The molecular formula is C26H22BrN3O6. The molecule has 2 aromatic carbocycles. The van der Waals surface area contributed by atoms with Crippen LogP contribution in [0.2, 0.25) is 0 Å². The summed E-state index contributed by atoms with van der Waals surface area (Å²) in [5.41, 5.74) is 1.39. The molecule has 1 saturated heterocycles. The number of carbonyl (C=O) groups excluding carboxylic acids is 2. The van der Waals surface area contributed by atoms with Crippen LogP contribution in [0.5, 0.6) is 11.5 Å². The predicted octanol–water partition coefficient (Wildman–Crippen LogP) is 4.33. The third-order valence-electron chi connectivity index (χ3n) is 7.74. The summed E-state index contributed by atoms with van der Waals surface area (Å²) >= 11 is 3.49. The van der Waals surface area contributed by atoms with E-state index in [0.717, 1.165) is 17.0 Å². The number of allylic oxidation sites excluding steroid dienone is 2. The van der Waals surface area contributed by atoms with Gasteiger partial charge < -0.3 is 9.47 Å². The van der Waals surface area contributed by atoms with Crippen molar-refractivity contribution >= 4 is 39.6 Å². The van der Waals surface area contributed by atoms with Crippen LogP contribution in [0.1, 0.15) is 17.5 Å². The standard InChI is InChI=1S/C26H22BrN3O6/c1-35-21-9-14(8-20(27)24(21)36-12-13-2-4-15(5-3-13)30(33)34)11-28-29-25(31)22-16-6-7-17(19-10-18(16)19)23(22)26(29)32/h2-9,11,16-19,22-23H,10,12H2,1H3/b28-11-/t16-,17-,18-,19-,22-,23+/m0/s1. The number of amides is 2. The number of hydrogen-bond donors (Lipinski definition) is 0. The third-order valence-corrected chi connectivity index (χ3v) is 8.33. The van der Waals surface area contributed by atoms with E-state index in [4.69, 9.17) is 9.47 Å². The summed E-state index contributed by atoms with van der Waals surface area (Å²) in [5, 5.41) is 16.2. The fourth-order valence-electron chi connectivity index (χ4n) is 6.00. The van der Waals surface area contributed by atoms with Gasteiger partial charge >= 0.3 is 0 Å². The number of hydrogen-bond acceptors (Lipinski definition) is 7. The lowest BCUT2D eigenvalue weighted by atomic mass is 9.63. The van der Waals surface area contributed by atoms with Gasteiger partial charge in [-0.25, -0.2) is 0 Å². The molecule has 6 atom stereocenters. The number of methoxy groups -OCH3 is 1. The van der Waals surface area contributed by atoms with Gasteiger partial charge in [-0.15, -0.1) is 0 Å². The quantitative estimate of drug-likeness (QED) is 0.166. The summed E-state index contributed by atoms with van der Waals surface area (Å²) in [7, 11) is 1.51. The minimum absolute atomic E-state index is 0.0103. The van der Waals surface area contributed by atoms with Crippen LogP contribution in [0.25, 0.3) is 0 Å². The molecule has 4 aliphatic carbocycles. The first-order valence-corrected chi connectivity index (χ1v) is 12.5. The molecule has 2 amide bonds. The molecule has 1 aliphatic heterocycles. The number of benzene rings is 2. The Morgan fingerprint density at radius 3 is 2.33 bits per heavy atom. The molecule has 10 heteroatoms. The van der Waals surface area contributed by atoms with Gasteiger partial charge in [0, 0.05) is 12.1 Å². The summed E-state index contributed by atoms with van der Waals surface area (Å²) in [6.45, 7) is 0.179. The van der Waals surface area contributed by atoms with Crippen LogP contribution in [0.4, 0.5) is 5.69 Å². The maximum Gasteiger partial charge on any atom is 0.269 e. The van der Waals surface area contributed by atoms with Crippen molar-refractivity contribution in [1.82, 2.24) is 5.01 Å². The normalized spacial score (nSPS) is 29.4.